The summed E-state index contributed by atoms with van der Waals surface area (Å²) in [7, 11) is 1.90. The van der Waals surface area contributed by atoms with E-state index in [1.54, 1.807) is 0 Å². The van der Waals surface area contributed by atoms with E-state index >= 15 is 0 Å². The molecule has 1 aromatic carbocycles. The van der Waals surface area contributed by atoms with E-state index in [-0.39, 0.29) is 22.5 Å². The van der Waals surface area contributed by atoms with E-state index in [4.69, 9.17) is 9.47 Å². The first-order chi connectivity index (χ1) is 16.7. The van der Waals surface area contributed by atoms with Gasteiger partial charge in [0.2, 0.25) is 0 Å². The van der Waals surface area contributed by atoms with Crippen LogP contribution in [0.25, 0.3) is 0 Å². The normalized spacial score (nSPS) is 43.2. The number of likely N-dealkylation sites (tertiary alicyclic amines) is 1. The van der Waals surface area contributed by atoms with E-state index < -0.39 is 24.8 Å². The van der Waals surface area contributed by atoms with Crippen LogP contribution in [-0.2, 0) is 16.6 Å². The summed E-state index contributed by atoms with van der Waals surface area (Å²) >= 11 is -0.551. The minimum absolute atomic E-state index is 0.0522. The summed E-state index contributed by atoms with van der Waals surface area (Å²) in [5.74, 6) is 2.22. The molecule has 194 valence electrons. The standard InChI is InChI=1S/C29H41INO4/c1-5-6-17(2)26(3,33)30-21-14-27-16-29(21,34-4)25-28(27)11-12-31(15-18-7-8-18)22(27)13-19-9-10-20(32)24(35-25)23(19)28/h9-10,17-18,21-22,25,32-33H,5-8,11-16H2,1-4H3/q-1/t17?,21?,22?,25?,26-,27?,28?,29+/m1/s1. The molecule has 1 aromatic rings. The van der Waals surface area contributed by atoms with Crippen molar-refractivity contribution in [2.24, 2.45) is 17.3 Å². The number of hydrogen-bond donors (Lipinski definition) is 2. The number of methoxy groups -OCH3 is 1. The van der Waals surface area contributed by atoms with Gasteiger partial charge in [-0.3, -0.25) is 0 Å². The van der Waals surface area contributed by atoms with Crippen LogP contribution in [0.4, 0.5) is 0 Å². The second-order valence-corrected chi connectivity index (χ2v) is 17.1. The number of rotatable bonds is 8. The van der Waals surface area contributed by atoms with Crippen molar-refractivity contribution in [3.05, 3.63) is 23.3 Å². The van der Waals surface area contributed by atoms with Gasteiger partial charge in [0.1, 0.15) is 0 Å². The van der Waals surface area contributed by atoms with Gasteiger partial charge in [0.25, 0.3) is 0 Å². The van der Waals surface area contributed by atoms with Crippen LogP contribution in [0.15, 0.2) is 12.1 Å². The van der Waals surface area contributed by atoms with Gasteiger partial charge in [0, 0.05) is 0 Å². The van der Waals surface area contributed by atoms with Gasteiger partial charge in [-0.15, -0.1) is 0 Å². The molecule has 35 heavy (non-hydrogen) atoms. The number of aromatic hydroxyl groups is 1. The van der Waals surface area contributed by atoms with Crippen LogP contribution in [-0.4, -0.2) is 60.6 Å². The molecular weight excluding hydrogens is 553 g/mol. The predicted octanol–water partition coefficient (Wildman–Crippen LogP) is 1.21. The van der Waals surface area contributed by atoms with Gasteiger partial charge in [0.05, 0.1) is 0 Å². The van der Waals surface area contributed by atoms with Crippen molar-refractivity contribution in [2.75, 3.05) is 20.2 Å². The molecule has 2 spiro atoms. The van der Waals surface area contributed by atoms with Gasteiger partial charge < -0.3 is 0 Å². The fourth-order valence-corrected chi connectivity index (χ4v) is 14.1. The molecule has 7 rings (SSSR count). The Morgan fingerprint density at radius 2 is 2.14 bits per heavy atom. The number of alkyl halides is 2. The van der Waals surface area contributed by atoms with Gasteiger partial charge in [0.15, 0.2) is 0 Å². The quantitative estimate of drug-likeness (QED) is 0.350. The van der Waals surface area contributed by atoms with Crippen molar-refractivity contribution in [1.82, 2.24) is 4.90 Å². The molecule has 0 aromatic heterocycles. The fraction of sp³-hybridized carbons (Fsp3) is 0.793. The van der Waals surface area contributed by atoms with Crippen LogP contribution in [0.5, 0.6) is 11.5 Å². The van der Waals surface area contributed by atoms with E-state index in [0.29, 0.717) is 21.6 Å². The molecule has 1 saturated heterocycles. The Morgan fingerprint density at radius 3 is 2.86 bits per heavy atom. The monoisotopic (exact) mass is 594 g/mol. The Morgan fingerprint density at radius 1 is 1.34 bits per heavy atom. The number of piperidine rings is 1. The zero-order valence-electron chi connectivity index (χ0n) is 21.6. The minimum atomic E-state index is -0.615. The van der Waals surface area contributed by atoms with E-state index in [1.807, 2.05) is 13.2 Å². The molecule has 6 unspecified atom stereocenters. The summed E-state index contributed by atoms with van der Waals surface area (Å²) in [6.07, 6.45) is 9.23. The van der Waals surface area contributed by atoms with Gasteiger partial charge in [-0.25, -0.2) is 0 Å². The maximum atomic E-state index is 11.7. The van der Waals surface area contributed by atoms with Gasteiger partial charge in [-0.05, 0) is 0 Å². The summed E-state index contributed by atoms with van der Waals surface area (Å²) in [5, 5.41) is 22.6. The van der Waals surface area contributed by atoms with Crippen molar-refractivity contribution in [3.63, 3.8) is 0 Å². The molecule has 4 fully saturated rings. The average molecular weight is 595 g/mol. The number of hydrogen-bond acceptors (Lipinski definition) is 5. The summed E-state index contributed by atoms with van der Waals surface area (Å²) in [6, 6.07) is 4.54. The van der Waals surface area contributed by atoms with Crippen molar-refractivity contribution < 1.29 is 40.9 Å². The maximum absolute atomic E-state index is 11.7. The van der Waals surface area contributed by atoms with E-state index in [0.717, 1.165) is 56.7 Å². The molecule has 0 radical (unpaired) electrons. The van der Waals surface area contributed by atoms with Crippen molar-refractivity contribution in [3.8, 4) is 11.5 Å². The van der Waals surface area contributed by atoms with Crippen molar-refractivity contribution >= 4 is 0 Å². The molecule has 3 saturated carbocycles. The van der Waals surface area contributed by atoms with Crippen molar-refractivity contribution in [2.45, 2.75) is 103 Å². The molecule has 6 heteroatoms. The third-order valence-corrected chi connectivity index (χ3v) is 15.7. The van der Waals surface area contributed by atoms with Gasteiger partial charge >= 0.3 is 221 Å². The number of fused-ring (bicyclic) bond motifs is 2. The summed E-state index contributed by atoms with van der Waals surface area (Å²) in [5.41, 5.74) is 2.40. The summed E-state index contributed by atoms with van der Waals surface area (Å²) in [6.45, 7) is 8.90. The van der Waals surface area contributed by atoms with E-state index in [2.05, 4.69) is 31.7 Å². The van der Waals surface area contributed by atoms with Crippen LogP contribution in [0, 0.1) is 17.3 Å². The Kier molecular flexibility index (Phi) is 5.05. The number of nitrogens with zero attached hydrogens (tertiary/aromatic N) is 1. The zero-order chi connectivity index (χ0) is 24.4. The Bertz CT molecular complexity index is 1060. The first-order valence-corrected chi connectivity index (χ1v) is 16.2. The number of ether oxygens (including phenoxy) is 2. The molecule has 5 nitrogen and oxygen atoms in total. The number of phenols is 1. The first-order valence-electron chi connectivity index (χ1n) is 13.9. The van der Waals surface area contributed by atoms with E-state index in [1.165, 1.54) is 30.5 Å². The number of halogens is 1. The zero-order valence-corrected chi connectivity index (χ0v) is 23.8. The van der Waals surface area contributed by atoms with Gasteiger partial charge in [-0.2, -0.15) is 0 Å². The number of aliphatic hydroxyl groups is 1. The van der Waals surface area contributed by atoms with Crippen LogP contribution < -0.4 is 25.9 Å². The van der Waals surface area contributed by atoms with E-state index in [9.17, 15) is 10.2 Å². The van der Waals surface area contributed by atoms with Crippen molar-refractivity contribution in [1.29, 1.82) is 0 Å². The molecule has 0 amide bonds. The molecule has 4 aliphatic carbocycles. The van der Waals surface area contributed by atoms with Crippen LogP contribution in [0.1, 0.15) is 76.8 Å². The number of benzene rings is 1. The average Bonchev–Trinajstić information content (AvgIpc) is 3.39. The third-order valence-electron chi connectivity index (χ3n) is 11.2. The Balaban J connectivity index is 1.36. The molecule has 2 aliphatic heterocycles. The third kappa shape index (κ3) is 2.81. The Hall–Kier alpha value is -0.570. The summed E-state index contributed by atoms with van der Waals surface area (Å²) in [4.78, 5) is 2.85. The van der Waals surface area contributed by atoms with Crippen LogP contribution >= 0.6 is 0 Å². The molecule has 8 atom stereocenters. The summed E-state index contributed by atoms with van der Waals surface area (Å²) < 4.78 is 13.3. The second kappa shape index (κ2) is 7.51. The predicted molar refractivity (Wildman–Crippen MR) is 130 cm³/mol. The fourth-order valence-electron chi connectivity index (χ4n) is 9.31. The van der Waals surface area contributed by atoms with Crippen LogP contribution in [0.2, 0.25) is 0 Å². The Labute approximate surface area is 220 Å². The molecule has 4 bridgehead atoms. The molecule has 2 heterocycles. The molecule has 2 N–H and O–H groups in total. The van der Waals surface area contributed by atoms with Gasteiger partial charge in [-0.1, -0.05) is 0 Å². The SMILES string of the molecule is CCCC(C)[C@@](C)(O)[I-]C1CC23C[C@@]1(OC)C1Oc4c(O)ccc5c4C12CCN(CC1CC1)C3C5. The van der Waals surface area contributed by atoms with Crippen LogP contribution in [0.3, 0.4) is 0 Å². The molecule has 6 aliphatic rings. The second-order valence-electron chi connectivity index (χ2n) is 12.8. The molecular formula is C29H41INO4-. The topological polar surface area (TPSA) is 62.2 Å². The first kappa shape index (κ1) is 23.5. The number of phenolic OH excluding ortho intramolecular Hbond substituents is 1.